The molecule has 0 atom stereocenters. The highest BCUT2D eigenvalue weighted by Gasteiger charge is 2.31. The van der Waals surface area contributed by atoms with E-state index in [1.807, 2.05) is 11.8 Å². The van der Waals surface area contributed by atoms with Crippen molar-refractivity contribution in [3.05, 3.63) is 46.0 Å². The lowest BCUT2D eigenvalue weighted by molar-refractivity contribution is -0.110. The predicted molar refractivity (Wildman–Crippen MR) is 125 cm³/mol. The van der Waals surface area contributed by atoms with Gasteiger partial charge in [0.15, 0.2) is 0 Å². The fourth-order valence-corrected chi connectivity index (χ4v) is 4.90. The Kier molecular flexibility index (Phi) is 5.84. The summed E-state index contributed by atoms with van der Waals surface area (Å²) in [5.74, 6) is -0.826. The van der Waals surface area contributed by atoms with Gasteiger partial charge < -0.3 is 19.9 Å². The van der Waals surface area contributed by atoms with Crippen LogP contribution in [0, 0.1) is 12.7 Å². The van der Waals surface area contributed by atoms with Crippen LogP contribution in [-0.4, -0.2) is 80.4 Å². The van der Waals surface area contributed by atoms with E-state index < -0.39 is 5.82 Å². The molecule has 9 heteroatoms. The highest BCUT2D eigenvalue weighted by molar-refractivity contribution is 6.43. The average Bonchev–Trinajstić information content (AvgIpc) is 3.28. The van der Waals surface area contributed by atoms with Crippen molar-refractivity contribution in [2.45, 2.75) is 19.8 Å². The molecule has 2 N–H and O–H groups in total. The first-order valence-electron chi connectivity index (χ1n) is 11.4. The number of benzene rings is 1. The van der Waals surface area contributed by atoms with Crippen molar-refractivity contribution >= 4 is 42.5 Å². The van der Waals surface area contributed by atoms with Crippen LogP contribution in [0.5, 0.6) is 0 Å². The third-order valence-corrected chi connectivity index (χ3v) is 6.70. The van der Waals surface area contributed by atoms with E-state index >= 15 is 0 Å². The van der Waals surface area contributed by atoms with Gasteiger partial charge in [0.1, 0.15) is 13.7 Å². The molecule has 1 saturated heterocycles. The number of nitrogens with one attached hydrogen (secondary N) is 2. The number of fused-ring (bicyclic) bond motifs is 2. The maximum Gasteiger partial charge on any atom is 0.256 e. The predicted octanol–water partition coefficient (Wildman–Crippen LogP) is 1.47. The second kappa shape index (κ2) is 8.80. The number of carbonyl (C=O) groups is 2. The Labute approximate surface area is 193 Å². The van der Waals surface area contributed by atoms with E-state index in [1.54, 1.807) is 6.08 Å². The molecular weight excluding hydrogens is 422 g/mol. The SMILES string of the molecule is [B]c1cc(F)cc2c1NC(=O)/C2=C\c1[nH]c2c(c1C)C(=O)N(CCCN1CCOCC1)CC2. The van der Waals surface area contributed by atoms with E-state index in [2.05, 4.69) is 15.2 Å². The lowest BCUT2D eigenvalue weighted by Crippen LogP contribution is -2.41. The van der Waals surface area contributed by atoms with Gasteiger partial charge in [0, 0.05) is 61.8 Å². The Morgan fingerprint density at radius 1 is 1.18 bits per heavy atom. The van der Waals surface area contributed by atoms with Crippen molar-refractivity contribution in [3.63, 3.8) is 0 Å². The molecule has 5 rings (SSSR count). The van der Waals surface area contributed by atoms with Gasteiger partial charge in [-0.3, -0.25) is 14.5 Å². The summed E-state index contributed by atoms with van der Waals surface area (Å²) < 4.78 is 19.3. The molecule has 0 saturated carbocycles. The minimum Gasteiger partial charge on any atom is -0.379 e. The fraction of sp³-hybridized carbons (Fsp3) is 0.417. The van der Waals surface area contributed by atoms with Crippen molar-refractivity contribution in [1.29, 1.82) is 0 Å². The first-order valence-corrected chi connectivity index (χ1v) is 11.4. The first kappa shape index (κ1) is 21.9. The number of anilines is 1. The molecule has 7 nitrogen and oxygen atoms in total. The van der Waals surface area contributed by atoms with Crippen molar-refractivity contribution in [2.24, 2.45) is 0 Å². The number of hydrogen-bond acceptors (Lipinski definition) is 4. The van der Waals surface area contributed by atoms with Crippen molar-refractivity contribution in [2.75, 3.05) is 51.3 Å². The monoisotopic (exact) mass is 448 g/mol. The topological polar surface area (TPSA) is 77.7 Å². The zero-order chi connectivity index (χ0) is 23.1. The molecule has 170 valence electrons. The minimum absolute atomic E-state index is 0.0168. The van der Waals surface area contributed by atoms with Crippen LogP contribution in [0.1, 0.15) is 39.3 Å². The molecule has 1 aromatic heterocycles. The number of ether oxygens (including phenoxy) is 1. The number of morpholine rings is 1. The number of amides is 2. The maximum atomic E-state index is 13.9. The smallest absolute Gasteiger partial charge is 0.256 e. The normalized spacial score (nSPS) is 19.7. The Balaban J connectivity index is 1.35. The molecule has 3 aliphatic heterocycles. The first-order chi connectivity index (χ1) is 15.9. The van der Waals surface area contributed by atoms with Crippen LogP contribution in [0.15, 0.2) is 12.1 Å². The van der Waals surface area contributed by atoms with E-state index in [1.165, 1.54) is 12.1 Å². The quantitative estimate of drug-likeness (QED) is 0.537. The van der Waals surface area contributed by atoms with Gasteiger partial charge in [-0.25, -0.2) is 4.39 Å². The highest BCUT2D eigenvalue weighted by atomic mass is 19.1. The van der Waals surface area contributed by atoms with Gasteiger partial charge in [0.2, 0.25) is 0 Å². The summed E-state index contributed by atoms with van der Waals surface area (Å²) >= 11 is 0. The lowest BCUT2D eigenvalue weighted by atomic mass is 9.90. The number of carbonyl (C=O) groups excluding carboxylic acids is 2. The van der Waals surface area contributed by atoms with Crippen LogP contribution in [0.25, 0.3) is 11.6 Å². The van der Waals surface area contributed by atoms with Gasteiger partial charge in [-0.1, -0.05) is 5.46 Å². The van der Waals surface area contributed by atoms with E-state index in [4.69, 9.17) is 12.6 Å². The summed E-state index contributed by atoms with van der Waals surface area (Å²) in [6, 6.07) is 2.49. The van der Waals surface area contributed by atoms with Crippen LogP contribution in [0.3, 0.4) is 0 Å². The third-order valence-electron chi connectivity index (χ3n) is 6.70. The van der Waals surface area contributed by atoms with Gasteiger partial charge >= 0.3 is 0 Å². The number of halogens is 1. The van der Waals surface area contributed by atoms with E-state index in [-0.39, 0.29) is 17.3 Å². The summed E-state index contributed by atoms with van der Waals surface area (Å²) in [5.41, 5.74) is 4.41. The highest BCUT2D eigenvalue weighted by Crippen LogP contribution is 2.34. The number of aromatic amines is 1. The Morgan fingerprint density at radius 3 is 2.76 bits per heavy atom. The van der Waals surface area contributed by atoms with Gasteiger partial charge in [-0.2, -0.15) is 0 Å². The van der Waals surface area contributed by atoms with Crippen LogP contribution in [0.4, 0.5) is 10.1 Å². The number of aromatic nitrogens is 1. The van der Waals surface area contributed by atoms with Gasteiger partial charge in [-0.15, -0.1) is 0 Å². The van der Waals surface area contributed by atoms with Crippen molar-refractivity contribution in [3.8, 4) is 0 Å². The second-order valence-electron chi connectivity index (χ2n) is 8.80. The molecule has 1 aromatic carbocycles. The summed E-state index contributed by atoms with van der Waals surface area (Å²) in [5, 5.41) is 2.71. The molecule has 2 aromatic rings. The number of H-pyrrole nitrogens is 1. The average molecular weight is 448 g/mol. The lowest BCUT2D eigenvalue weighted by Gasteiger charge is -2.30. The van der Waals surface area contributed by atoms with E-state index in [0.29, 0.717) is 41.2 Å². The van der Waals surface area contributed by atoms with Crippen molar-refractivity contribution < 1.29 is 18.7 Å². The zero-order valence-corrected chi connectivity index (χ0v) is 18.7. The zero-order valence-electron chi connectivity index (χ0n) is 18.7. The Morgan fingerprint density at radius 2 is 1.97 bits per heavy atom. The number of hydrogen-bond donors (Lipinski definition) is 2. The summed E-state index contributed by atoms with van der Waals surface area (Å²) in [7, 11) is 5.87. The van der Waals surface area contributed by atoms with E-state index in [0.717, 1.165) is 56.9 Å². The number of rotatable bonds is 5. The molecule has 2 radical (unpaired) electrons. The molecule has 2 amide bonds. The number of nitrogens with zero attached hydrogens (tertiary/aromatic N) is 2. The summed E-state index contributed by atoms with van der Waals surface area (Å²) in [6.07, 6.45) is 3.34. The molecule has 1 fully saturated rings. The molecule has 33 heavy (non-hydrogen) atoms. The van der Waals surface area contributed by atoms with E-state index in [9.17, 15) is 14.0 Å². The van der Waals surface area contributed by atoms with Crippen LogP contribution in [-0.2, 0) is 16.0 Å². The molecule has 3 aliphatic rings. The minimum atomic E-state index is -0.501. The van der Waals surface area contributed by atoms with Gasteiger partial charge in [-0.05, 0) is 37.1 Å². The maximum absolute atomic E-state index is 13.9. The second-order valence-corrected chi connectivity index (χ2v) is 8.80. The van der Waals surface area contributed by atoms with Crippen LogP contribution < -0.4 is 10.8 Å². The summed E-state index contributed by atoms with van der Waals surface area (Å²) in [4.78, 5) is 33.4. The van der Waals surface area contributed by atoms with Gasteiger partial charge in [0.05, 0.1) is 24.4 Å². The molecule has 0 aliphatic carbocycles. The summed E-state index contributed by atoms with van der Waals surface area (Å²) in [6.45, 7) is 7.64. The molecule has 0 bridgehead atoms. The Hall–Kier alpha value is -2.91. The standard InChI is InChI=1S/C24H26BFN4O3/c1-14-20(13-17-16-11-15(26)12-18(25)22(16)28-23(17)31)27-19-3-6-30(24(32)21(14)19)5-2-4-29-7-9-33-10-8-29/h11-13,27H,2-10H2,1H3,(H,28,31)/b17-13-. The molecule has 0 spiro atoms. The molecular formula is C24H26BFN4O3. The van der Waals surface area contributed by atoms with Gasteiger partial charge in [0.25, 0.3) is 11.8 Å². The molecule has 4 heterocycles. The molecule has 0 unspecified atom stereocenters. The fourth-order valence-electron chi connectivity index (χ4n) is 4.90. The third kappa shape index (κ3) is 4.11. The largest absolute Gasteiger partial charge is 0.379 e. The van der Waals surface area contributed by atoms with Crippen molar-refractivity contribution in [1.82, 2.24) is 14.8 Å². The van der Waals surface area contributed by atoms with Crippen LogP contribution in [0.2, 0.25) is 0 Å². The van der Waals surface area contributed by atoms with Crippen LogP contribution >= 0.6 is 0 Å². The Bertz CT molecular complexity index is 1150.